The fourth-order valence-corrected chi connectivity index (χ4v) is 4.97. The lowest BCUT2D eigenvalue weighted by atomic mass is 9.98. The van der Waals surface area contributed by atoms with Crippen molar-refractivity contribution in [2.75, 3.05) is 11.5 Å². The van der Waals surface area contributed by atoms with Crippen molar-refractivity contribution in [1.82, 2.24) is 0 Å². The number of aliphatic hydroxyl groups is 1. The number of rotatable bonds is 6. The monoisotopic (exact) mass is 461 g/mol. The van der Waals surface area contributed by atoms with E-state index in [2.05, 4.69) is 13.8 Å². The molecule has 33 heavy (non-hydrogen) atoms. The average Bonchev–Trinajstić information content (AvgIpc) is 3.32. The van der Waals surface area contributed by atoms with E-state index in [1.54, 1.807) is 18.2 Å². The molecule has 3 aromatic rings. The van der Waals surface area contributed by atoms with Gasteiger partial charge in [-0.2, -0.15) is 0 Å². The van der Waals surface area contributed by atoms with Gasteiger partial charge in [0, 0.05) is 16.1 Å². The van der Waals surface area contributed by atoms with E-state index in [1.807, 2.05) is 55.6 Å². The van der Waals surface area contributed by atoms with Crippen LogP contribution in [-0.4, -0.2) is 23.4 Å². The third-order valence-electron chi connectivity index (χ3n) is 5.57. The van der Waals surface area contributed by atoms with Crippen LogP contribution in [0.3, 0.4) is 0 Å². The second-order valence-electron chi connectivity index (χ2n) is 8.71. The summed E-state index contributed by atoms with van der Waals surface area (Å²) in [6, 6.07) is 15.7. The zero-order chi connectivity index (χ0) is 23.7. The molecule has 5 nitrogen and oxygen atoms in total. The number of anilines is 1. The molecule has 0 bridgehead atoms. The molecule has 1 fully saturated rings. The fraction of sp³-hybridized carbons (Fsp3) is 0.259. The molecule has 1 unspecified atom stereocenters. The van der Waals surface area contributed by atoms with Gasteiger partial charge in [-0.25, -0.2) is 0 Å². The van der Waals surface area contributed by atoms with Crippen molar-refractivity contribution in [3.8, 4) is 5.75 Å². The Kier molecular flexibility index (Phi) is 6.38. The van der Waals surface area contributed by atoms with E-state index in [0.717, 1.165) is 16.0 Å². The minimum absolute atomic E-state index is 0.0908. The predicted molar refractivity (Wildman–Crippen MR) is 132 cm³/mol. The van der Waals surface area contributed by atoms with Crippen LogP contribution < -0.4 is 9.64 Å². The molecular formula is C27H27NO4S. The molecule has 1 atom stereocenters. The van der Waals surface area contributed by atoms with Crippen molar-refractivity contribution in [2.45, 2.75) is 33.7 Å². The Morgan fingerprint density at radius 2 is 1.85 bits per heavy atom. The van der Waals surface area contributed by atoms with Gasteiger partial charge in [-0.15, -0.1) is 11.3 Å². The zero-order valence-electron chi connectivity index (χ0n) is 19.2. The Labute approximate surface area is 197 Å². The summed E-state index contributed by atoms with van der Waals surface area (Å²) in [6.07, 6.45) is 0. The van der Waals surface area contributed by atoms with Crippen LogP contribution in [0.4, 0.5) is 5.69 Å². The van der Waals surface area contributed by atoms with E-state index < -0.39 is 17.7 Å². The summed E-state index contributed by atoms with van der Waals surface area (Å²) in [5.74, 6) is -0.586. The van der Waals surface area contributed by atoms with Gasteiger partial charge >= 0.3 is 0 Å². The van der Waals surface area contributed by atoms with Crippen LogP contribution in [0.5, 0.6) is 5.75 Å². The average molecular weight is 462 g/mol. The van der Waals surface area contributed by atoms with Crippen LogP contribution in [0.15, 0.2) is 65.6 Å². The van der Waals surface area contributed by atoms with Gasteiger partial charge in [-0.1, -0.05) is 38.1 Å². The number of ether oxygens (including phenoxy) is 1. The smallest absolute Gasteiger partial charge is 0.300 e. The molecule has 4 rings (SSSR count). The topological polar surface area (TPSA) is 66.8 Å². The molecular weight excluding hydrogens is 434 g/mol. The van der Waals surface area contributed by atoms with Gasteiger partial charge < -0.3 is 9.84 Å². The molecule has 1 aliphatic rings. The number of carbonyl (C=O) groups is 2. The van der Waals surface area contributed by atoms with Crippen LogP contribution >= 0.6 is 11.3 Å². The van der Waals surface area contributed by atoms with Gasteiger partial charge in [-0.3, -0.25) is 14.5 Å². The zero-order valence-corrected chi connectivity index (χ0v) is 20.0. The lowest BCUT2D eigenvalue weighted by Gasteiger charge is -2.25. The van der Waals surface area contributed by atoms with Crippen molar-refractivity contribution in [3.05, 3.63) is 87.1 Å². The van der Waals surface area contributed by atoms with Crippen molar-refractivity contribution in [2.24, 2.45) is 5.92 Å². The number of carbonyl (C=O) groups excluding carboxylic acids is 2. The third kappa shape index (κ3) is 4.44. The molecule has 2 heterocycles. The van der Waals surface area contributed by atoms with Gasteiger partial charge in [0.05, 0.1) is 12.2 Å². The van der Waals surface area contributed by atoms with E-state index >= 15 is 0 Å². The molecule has 170 valence electrons. The van der Waals surface area contributed by atoms with Crippen LogP contribution in [0.1, 0.15) is 41.5 Å². The Morgan fingerprint density at radius 1 is 1.09 bits per heavy atom. The summed E-state index contributed by atoms with van der Waals surface area (Å²) in [7, 11) is 0. The summed E-state index contributed by atoms with van der Waals surface area (Å²) in [5.41, 5.74) is 3.10. The molecule has 1 saturated heterocycles. The first-order valence-electron chi connectivity index (χ1n) is 10.9. The van der Waals surface area contributed by atoms with Crippen molar-refractivity contribution in [1.29, 1.82) is 0 Å². The van der Waals surface area contributed by atoms with Gasteiger partial charge in [-0.05, 0) is 66.6 Å². The van der Waals surface area contributed by atoms with Crippen LogP contribution in [0.2, 0.25) is 0 Å². The standard InChI is InChI=1S/C27H27NO4S/c1-16(2)15-32-21-10-6-8-19(14-21)24(29)22-23(26-18(4)11-12-33-26)28(27(31)25(22)30)20-9-5-7-17(3)13-20/h5-14,16,23,29H,15H2,1-4H3/b24-22-. The Morgan fingerprint density at radius 3 is 2.52 bits per heavy atom. The Bertz CT molecular complexity index is 1240. The SMILES string of the molecule is Cc1cccc(N2C(=O)C(=O)/C(=C(\O)c3cccc(OCC(C)C)c3)C2c2sccc2C)c1. The number of hydrogen-bond acceptors (Lipinski definition) is 5. The second kappa shape index (κ2) is 9.24. The van der Waals surface area contributed by atoms with Gasteiger partial charge in [0.1, 0.15) is 17.6 Å². The summed E-state index contributed by atoms with van der Waals surface area (Å²) in [5, 5.41) is 13.3. The Balaban J connectivity index is 1.86. The number of Topliss-reactive ketones (excluding diaryl/α,β-unsaturated/α-hetero) is 1. The van der Waals surface area contributed by atoms with Crippen molar-refractivity contribution >= 4 is 34.5 Å². The largest absolute Gasteiger partial charge is 0.507 e. The quantitative estimate of drug-likeness (QED) is 0.277. The highest BCUT2D eigenvalue weighted by Gasteiger charge is 2.47. The fourth-order valence-electron chi connectivity index (χ4n) is 3.94. The lowest BCUT2D eigenvalue weighted by Crippen LogP contribution is -2.29. The summed E-state index contributed by atoms with van der Waals surface area (Å²) < 4.78 is 5.80. The van der Waals surface area contributed by atoms with Crippen LogP contribution in [-0.2, 0) is 9.59 Å². The maximum Gasteiger partial charge on any atom is 0.300 e. The highest BCUT2D eigenvalue weighted by atomic mass is 32.1. The number of aliphatic hydroxyl groups excluding tert-OH is 1. The van der Waals surface area contributed by atoms with E-state index in [4.69, 9.17) is 4.74 Å². The maximum atomic E-state index is 13.3. The normalized spacial score (nSPS) is 17.7. The number of thiophene rings is 1. The maximum absolute atomic E-state index is 13.3. The molecule has 0 radical (unpaired) electrons. The highest BCUT2D eigenvalue weighted by Crippen LogP contribution is 2.45. The van der Waals surface area contributed by atoms with Gasteiger partial charge in [0.2, 0.25) is 0 Å². The van der Waals surface area contributed by atoms with Gasteiger partial charge in [0.15, 0.2) is 0 Å². The molecule has 2 aromatic carbocycles. The predicted octanol–water partition coefficient (Wildman–Crippen LogP) is 6.03. The van der Waals surface area contributed by atoms with E-state index in [9.17, 15) is 14.7 Å². The van der Waals surface area contributed by atoms with Crippen molar-refractivity contribution in [3.63, 3.8) is 0 Å². The summed E-state index contributed by atoms with van der Waals surface area (Å²) in [4.78, 5) is 28.9. The first-order valence-corrected chi connectivity index (χ1v) is 11.8. The number of hydrogen-bond donors (Lipinski definition) is 1. The lowest BCUT2D eigenvalue weighted by molar-refractivity contribution is -0.132. The number of amides is 1. The second-order valence-corrected chi connectivity index (χ2v) is 9.66. The summed E-state index contributed by atoms with van der Waals surface area (Å²) >= 11 is 1.47. The molecule has 6 heteroatoms. The van der Waals surface area contributed by atoms with Gasteiger partial charge in [0.25, 0.3) is 11.7 Å². The first kappa shape index (κ1) is 22.8. The minimum atomic E-state index is -0.702. The molecule has 0 aliphatic carbocycles. The van der Waals surface area contributed by atoms with Crippen LogP contribution in [0, 0.1) is 19.8 Å². The molecule has 0 spiro atoms. The Hall–Kier alpha value is -3.38. The van der Waals surface area contributed by atoms with Crippen LogP contribution in [0.25, 0.3) is 5.76 Å². The number of aryl methyl sites for hydroxylation is 2. The number of benzene rings is 2. The van der Waals surface area contributed by atoms with E-state index in [1.165, 1.54) is 16.2 Å². The van der Waals surface area contributed by atoms with E-state index in [0.29, 0.717) is 29.5 Å². The first-order chi connectivity index (χ1) is 15.8. The summed E-state index contributed by atoms with van der Waals surface area (Å²) in [6.45, 7) is 8.53. The molecule has 1 aromatic heterocycles. The number of nitrogens with zero attached hydrogens (tertiary/aromatic N) is 1. The number of ketones is 1. The third-order valence-corrected chi connectivity index (χ3v) is 6.64. The van der Waals surface area contributed by atoms with E-state index in [-0.39, 0.29) is 11.3 Å². The molecule has 1 aliphatic heterocycles. The molecule has 1 N–H and O–H groups in total. The molecule has 0 saturated carbocycles. The highest BCUT2D eigenvalue weighted by molar-refractivity contribution is 7.10. The minimum Gasteiger partial charge on any atom is -0.507 e. The van der Waals surface area contributed by atoms with Crippen molar-refractivity contribution < 1.29 is 19.4 Å². The molecule has 1 amide bonds.